The minimum Gasteiger partial charge on any atom is -0.358 e. The van der Waals surface area contributed by atoms with Gasteiger partial charge in [-0.3, -0.25) is 0 Å². The van der Waals surface area contributed by atoms with E-state index < -0.39 is 0 Å². The standard InChI is InChI=1S/C22H23N/c1-6-10-19(11-7-2)20-12-9-13-21-14-17(4)15-22(23(21)5)18(8-3)16-20/h1,7,10-12,14-16,22H,8H2,2-5H3/b11-7-,18-16+,19-10+,20-12-. The highest BCUT2D eigenvalue weighted by molar-refractivity contribution is 5.55. The fourth-order valence-corrected chi connectivity index (χ4v) is 2.85. The monoisotopic (exact) mass is 301 g/mol. The molecule has 1 heteroatoms. The van der Waals surface area contributed by atoms with Crippen molar-refractivity contribution in [2.45, 2.75) is 33.2 Å². The third-order valence-electron chi connectivity index (χ3n) is 4.06. The molecule has 0 amide bonds. The average molecular weight is 301 g/mol. The minimum atomic E-state index is 0.244. The van der Waals surface area contributed by atoms with Gasteiger partial charge in [-0.15, -0.1) is 6.42 Å². The van der Waals surface area contributed by atoms with Crippen molar-refractivity contribution in [2.75, 3.05) is 7.05 Å². The molecular weight excluding hydrogens is 278 g/mol. The van der Waals surface area contributed by atoms with E-state index in [1.54, 1.807) is 6.08 Å². The summed E-state index contributed by atoms with van der Waals surface area (Å²) in [5.41, 5.74) is 5.75. The number of rotatable bonds is 3. The van der Waals surface area contributed by atoms with Crippen LogP contribution in [0.4, 0.5) is 0 Å². The third-order valence-corrected chi connectivity index (χ3v) is 4.06. The first-order valence-electron chi connectivity index (χ1n) is 7.95. The van der Waals surface area contributed by atoms with Crippen molar-refractivity contribution in [1.82, 2.24) is 4.90 Å². The Morgan fingerprint density at radius 2 is 2.22 bits per heavy atom. The van der Waals surface area contributed by atoms with Gasteiger partial charge >= 0.3 is 0 Å². The van der Waals surface area contributed by atoms with Crippen molar-refractivity contribution in [3.63, 3.8) is 0 Å². The van der Waals surface area contributed by atoms with Crippen molar-refractivity contribution in [2.24, 2.45) is 0 Å². The predicted octanol–water partition coefficient (Wildman–Crippen LogP) is 4.55. The molecule has 0 N–H and O–H groups in total. The molecule has 2 aliphatic heterocycles. The van der Waals surface area contributed by atoms with Crippen LogP contribution in [0.3, 0.4) is 0 Å². The van der Waals surface area contributed by atoms with Gasteiger partial charge in [0.1, 0.15) is 0 Å². The van der Waals surface area contributed by atoms with Gasteiger partial charge in [-0.05, 0) is 61.1 Å². The Morgan fingerprint density at radius 1 is 1.43 bits per heavy atom. The molecule has 0 saturated carbocycles. The van der Waals surface area contributed by atoms with Crippen LogP contribution in [0.1, 0.15) is 27.2 Å². The highest BCUT2D eigenvalue weighted by Gasteiger charge is 2.22. The topological polar surface area (TPSA) is 3.24 Å². The van der Waals surface area contributed by atoms with E-state index in [0.29, 0.717) is 0 Å². The fourth-order valence-electron chi connectivity index (χ4n) is 2.85. The second kappa shape index (κ2) is 7.57. The van der Waals surface area contributed by atoms with E-state index in [0.717, 1.165) is 23.3 Å². The molecule has 116 valence electrons. The maximum absolute atomic E-state index is 5.49. The van der Waals surface area contributed by atoms with Gasteiger partial charge in [0.05, 0.1) is 11.7 Å². The van der Waals surface area contributed by atoms with Gasteiger partial charge in [0.25, 0.3) is 0 Å². The van der Waals surface area contributed by atoms with Crippen LogP contribution in [0.2, 0.25) is 0 Å². The summed E-state index contributed by atoms with van der Waals surface area (Å²) in [5.74, 6) is 9.09. The van der Waals surface area contributed by atoms with Crippen molar-refractivity contribution in [1.29, 1.82) is 0 Å². The van der Waals surface area contributed by atoms with Crippen molar-refractivity contribution >= 4 is 0 Å². The second-order valence-corrected chi connectivity index (χ2v) is 5.70. The van der Waals surface area contributed by atoms with Gasteiger partial charge in [-0.1, -0.05) is 48.6 Å². The SMILES string of the molecule is C#C/C=C(\C=C/C)C1=C\C#CC2=CC(C)=CC(\C(CC)=C\1)N2C. The first kappa shape index (κ1) is 16.7. The zero-order valence-corrected chi connectivity index (χ0v) is 14.4. The Balaban J connectivity index is 2.63. The minimum absolute atomic E-state index is 0.244. The zero-order chi connectivity index (χ0) is 16.8. The maximum atomic E-state index is 5.49. The van der Waals surface area contributed by atoms with E-state index >= 15 is 0 Å². The number of nitrogens with zero attached hydrogens (tertiary/aromatic N) is 1. The molecule has 0 spiro atoms. The number of fused-ring (bicyclic) bond motifs is 2. The van der Waals surface area contributed by atoms with Crippen LogP contribution >= 0.6 is 0 Å². The van der Waals surface area contributed by atoms with Gasteiger partial charge in [-0.25, -0.2) is 0 Å². The molecule has 0 saturated heterocycles. The maximum Gasteiger partial charge on any atom is 0.0890 e. The summed E-state index contributed by atoms with van der Waals surface area (Å²) in [7, 11) is 2.10. The molecule has 0 aromatic carbocycles. The number of terminal acetylenes is 1. The van der Waals surface area contributed by atoms with Crippen LogP contribution in [-0.2, 0) is 0 Å². The van der Waals surface area contributed by atoms with E-state index in [-0.39, 0.29) is 6.04 Å². The van der Waals surface area contributed by atoms with E-state index in [4.69, 9.17) is 6.42 Å². The molecular formula is C22H23N. The Labute approximate surface area is 140 Å². The van der Waals surface area contributed by atoms with E-state index in [2.05, 4.69) is 61.8 Å². The second-order valence-electron chi connectivity index (χ2n) is 5.70. The Morgan fingerprint density at radius 3 is 2.87 bits per heavy atom. The van der Waals surface area contributed by atoms with Gasteiger partial charge in [0.2, 0.25) is 0 Å². The highest BCUT2D eigenvalue weighted by atomic mass is 15.1. The first-order valence-corrected chi connectivity index (χ1v) is 7.95. The van der Waals surface area contributed by atoms with Crippen LogP contribution in [0.5, 0.6) is 0 Å². The van der Waals surface area contributed by atoms with Crippen molar-refractivity contribution in [3.05, 3.63) is 70.5 Å². The molecule has 1 nitrogen and oxygen atoms in total. The smallest absolute Gasteiger partial charge is 0.0890 e. The zero-order valence-electron chi connectivity index (χ0n) is 14.4. The largest absolute Gasteiger partial charge is 0.358 e. The fraction of sp³-hybridized carbons (Fsp3) is 0.273. The van der Waals surface area contributed by atoms with Crippen LogP contribution in [0.15, 0.2) is 70.5 Å². The molecule has 0 aromatic heterocycles. The summed E-state index contributed by atoms with van der Waals surface area (Å²) >= 11 is 0. The van der Waals surface area contributed by atoms with Crippen molar-refractivity contribution < 1.29 is 0 Å². The molecule has 23 heavy (non-hydrogen) atoms. The lowest BCUT2D eigenvalue weighted by Crippen LogP contribution is -2.33. The summed E-state index contributed by atoms with van der Waals surface area (Å²) < 4.78 is 0. The molecule has 0 aromatic rings. The number of allylic oxidation sites excluding steroid dienone is 10. The molecule has 0 radical (unpaired) electrons. The molecule has 2 aliphatic rings. The van der Waals surface area contributed by atoms with Gasteiger partial charge in [0, 0.05) is 7.05 Å². The van der Waals surface area contributed by atoms with Crippen LogP contribution in [-0.4, -0.2) is 18.0 Å². The van der Waals surface area contributed by atoms with E-state index in [9.17, 15) is 0 Å². The molecule has 2 bridgehead atoms. The number of hydrogen-bond donors (Lipinski definition) is 0. The van der Waals surface area contributed by atoms with Crippen LogP contribution < -0.4 is 0 Å². The van der Waals surface area contributed by atoms with Gasteiger partial charge in [0.15, 0.2) is 0 Å². The molecule has 2 rings (SSSR count). The average Bonchev–Trinajstić information content (AvgIpc) is 2.56. The highest BCUT2D eigenvalue weighted by Crippen LogP contribution is 2.28. The molecule has 1 unspecified atom stereocenters. The lowest BCUT2D eigenvalue weighted by molar-refractivity contribution is 0.390. The van der Waals surface area contributed by atoms with Crippen molar-refractivity contribution in [3.8, 4) is 24.2 Å². The first-order chi connectivity index (χ1) is 11.1. The Bertz CT molecular complexity index is 761. The predicted molar refractivity (Wildman–Crippen MR) is 99.4 cm³/mol. The van der Waals surface area contributed by atoms with E-state index in [1.165, 1.54) is 11.1 Å². The van der Waals surface area contributed by atoms with Crippen LogP contribution in [0, 0.1) is 24.2 Å². The lowest BCUT2D eigenvalue weighted by Gasteiger charge is -2.33. The summed E-state index contributed by atoms with van der Waals surface area (Å²) in [4.78, 5) is 2.24. The molecule has 0 aliphatic carbocycles. The quantitative estimate of drug-likeness (QED) is 0.546. The number of hydrogen-bond acceptors (Lipinski definition) is 1. The summed E-state index contributed by atoms with van der Waals surface area (Å²) in [6.07, 6.45) is 20.9. The van der Waals surface area contributed by atoms with Gasteiger partial charge in [-0.2, -0.15) is 0 Å². The molecule has 0 fully saturated rings. The molecule has 1 atom stereocenters. The van der Waals surface area contributed by atoms with Crippen LogP contribution in [0.25, 0.3) is 0 Å². The van der Waals surface area contributed by atoms with Gasteiger partial charge < -0.3 is 4.90 Å². The normalized spacial score (nSPS) is 25.4. The summed E-state index contributed by atoms with van der Waals surface area (Å²) in [5, 5.41) is 0. The summed E-state index contributed by atoms with van der Waals surface area (Å²) in [6, 6.07) is 0.244. The summed E-state index contributed by atoms with van der Waals surface area (Å²) in [6.45, 7) is 6.32. The lowest BCUT2D eigenvalue weighted by atomic mass is 9.93. The Hall–Kier alpha value is -2.64. The Kier molecular flexibility index (Phi) is 5.51. The van der Waals surface area contributed by atoms with E-state index in [1.807, 2.05) is 25.2 Å². The molecule has 2 heterocycles. The number of likely N-dealkylation sites (N-methyl/N-ethyl adjacent to an activating group) is 1. The third kappa shape index (κ3) is 3.77.